The molecule has 0 atom stereocenters. The van der Waals surface area contributed by atoms with E-state index in [-0.39, 0.29) is 23.3 Å². The molecule has 1 heterocycles. The molecule has 11 heteroatoms. The molecular formula is C16H11F2N3O5S. The Bertz CT molecular complexity index is 1060. The van der Waals surface area contributed by atoms with Crippen molar-refractivity contribution in [2.75, 3.05) is 5.32 Å². The number of alkyl halides is 2. The maximum atomic E-state index is 12.3. The largest absolute Gasteiger partial charge is 0.420 e. The molecule has 1 amide bonds. The van der Waals surface area contributed by atoms with Gasteiger partial charge in [-0.2, -0.15) is 8.78 Å². The number of carbonyl (C=O) groups is 1. The van der Waals surface area contributed by atoms with E-state index >= 15 is 0 Å². The van der Waals surface area contributed by atoms with Crippen LogP contribution in [0.25, 0.3) is 11.1 Å². The molecule has 0 aliphatic carbocycles. The van der Waals surface area contributed by atoms with Gasteiger partial charge in [0.25, 0.3) is 11.4 Å². The van der Waals surface area contributed by atoms with Crippen molar-refractivity contribution in [1.29, 1.82) is 0 Å². The summed E-state index contributed by atoms with van der Waals surface area (Å²) in [4.78, 5) is 34.6. The maximum Gasteiger partial charge on any atom is 0.420 e. The first-order valence-electron chi connectivity index (χ1n) is 7.46. The summed E-state index contributed by atoms with van der Waals surface area (Å²) < 4.78 is 30.6. The van der Waals surface area contributed by atoms with Crippen LogP contribution in [0.3, 0.4) is 0 Å². The third-order valence-corrected chi connectivity index (χ3v) is 4.25. The molecule has 0 unspecified atom stereocenters. The van der Waals surface area contributed by atoms with E-state index in [0.717, 1.165) is 10.6 Å². The Kier molecular flexibility index (Phi) is 5.21. The van der Waals surface area contributed by atoms with Crippen LogP contribution in [-0.2, 0) is 11.3 Å². The lowest BCUT2D eigenvalue weighted by atomic mass is 10.3. The Morgan fingerprint density at radius 3 is 2.59 bits per heavy atom. The topological polar surface area (TPSA) is 107 Å². The van der Waals surface area contributed by atoms with E-state index in [1.165, 1.54) is 36.4 Å². The summed E-state index contributed by atoms with van der Waals surface area (Å²) in [6.07, 6.45) is 0. The molecule has 0 fully saturated rings. The molecule has 0 aliphatic rings. The molecule has 0 aliphatic heterocycles. The number of aromatic nitrogens is 1. The van der Waals surface area contributed by atoms with Crippen LogP contribution in [0, 0.1) is 10.1 Å². The molecule has 0 bridgehead atoms. The Labute approximate surface area is 153 Å². The number of anilines is 1. The van der Waals surface area contributed by atoms with Crippen LogP contribution >= 0.6 is 11.8 Å². The molecule has 3 rings (SSSR count). The lowest BCUT2D eigenvalue weighted by molar-refractivity contribution is -0.384. The average Bonchev–Trinajstić information content (AvgIpc) is 2.91. The van der Waals surface area contributed by atoms with Crippen molar-refractivity contribution in [3.63, 3.8) is 0 Å². The lowest BCUT2D eigenvalue weighted by Crippen LogP contribution is -2.24. The van der Waals surface area contributed by atoms with Gasteiger partial charge in [0.05, 0.1) is 16.5 Å². The molecule has 1 N–H and O–H groups in total. The number of fused-ring (bicyclic) bond motifs is 1. The van der Waals surface area contributed by atoms with Gasteiger partial charge in [0.15, 0.2) is 5.58 Å². The minimum absolute atomic E-state index is 0.00428. The van der Waals surface area contributed by atoms with Crippen LogP contribution < -0.4 is 11.1 Å². The summed E-state index contributed by atoms with van der Waals surface area (Å²) in [6, 6.07) is 9.41. The fourth-order valence-electron chi connectivity index (χ4n) is 2.38. The number of thioether (sulfide) groups is 1. The van der Waals surface area contributed by atoms with Crippen molar-refractivity contribution in [3.8, 4) is 0 Å². The van der Waals surface area contributed by atoms with E-state index in [0.29, 0.717) is 22.3 Å². The number of hydrogen-bond acceptors (Lipinski definition) is 6. The number of amides is 1. The van der Waals surface area contributed by atoms with Gasteiger partial charge in [-0.3, -0.25) is 19.5 Å². The zero-order valence-corrected chi connectivity index (χ0v) is 14.2. The molecule has 2 aromatic carbocycles. The number of rotatable bonds is 6. The number of nitro benzene ring substituents is 1. The average molecular weight is 395 g/mol. The van der Waals surface area contributed by atoms with Gasteiger partial charge in [0.2, 0.25) is 5.91 Å². The molecule has 1 aromatic heterocycles. The highest BCUT2D eigenvalue weighted by Gasteiger charge is 2.16. The van der Waals surface area contributed by atoms with Crippen molar-refractivity contribution < 1.29 is 22.9 Å². The number of nitro groups is 1. The zero-order chi connectivity index (χ0) is 19.6. The Morgan fingerprint density at radius 2 is 1.96 bits per heavy atom. The molecule has 0 radical (unpaired) electrons. The SMILES string of the molecule is O=C(Cn1c(=O)oc2cc([N+](=O)[O-])ccc21)Nc1ccc(SC(F)F)cc1. The minimum atomic E-state index is -2.54. The monoisotopic (exact) mass is 395 g/mol. The summed E-state index contributed by atoms with van der Waals surface area (Å²) in [5.74, 6) is -3.92. The van der Waals surface area contributed by atoms with E-state index in [4.69, 9.17) is 4.42 Å². The van der Waals surface area contributed by atoms with Gasteiger partial charge in [-0.15, -0.1) is 0 Å². The van der Waals surface area contributed by atoms with Crippen molar-refractivity contribution in [2.24, 2.45) is 0 Å². The Morgan fingerprint density at radius 1 is 1.26 bits per heavy atom. The minimum Gasteiger partial charge on any atom is -0.407 e. The smallest absolute Gasteiger partial charge is 0.407 e. The number of halogens is 2. The van der Waals surface area contributed by atoms with Crippen molar-refractivity contribution >= 4 is 40.1 Å². The maximum absolute atomic E-state index is 12.3. The predicted octanol–water partition coefficient (Wildman–Crippen LogP) is 3.46. The molecular weight excluding hydrogens is 384 g/mol. The second-order valence-corrected chi connectivity index (χ2v) is 6.38. The second kappa shape index (κ2) is 7.58. The van der Waals surface area contributed by atoms with Crippen LogP contribution in [-0.4, -0.2) is 21.2 Å². The van der Waals surface area contributed by atoms with Crippen LogP contribution in [0.1, 0.15) is 0 Å². The zero-order valence-electron chi connectivity index (χ0n) is 13.4. The summed E-state index contributed by atoms with van der Waals surface area (Å²) in [5, 5.41) is 13.3. The number of hydrogen-bond donors (Lipinski definition) is 1. The van der Waals surface area contributed by atoms with Crippen molar-refractivity contribution in [1.82, 2.24) is 4.57 Å². The van der Waals surface area contributed by atoms with Crippen LogP contribution in [0.2, 0.25) is 0 Å². The van der Waals surface area contributed by atoms with Gasteiger partial charge in [-0.05, 0) is 30.3 Å². The summed E-state index contributed by atoms with van der Waals surface area (Å²) in [5.41, 5.74) is 0.365. The number of non-ortho nitro benzene ring substituents is 1. The summed E-state index contributed by atoms with van der Waals surface area (Å²) in [6.45, 7) is -0.378. The number of nitrogens with zero attached hydrogens (tertiary/aromatic N) is 2. The van der Waals surface area contributed by atoms with Crippen molar-refractivity contribution in [3.05, 3.63) is 63.1 Å². The van der Waals surface area contributed by atoms with E-state index in [1.807, 2.05) is 0 Å². The van der Waals surface area contributed by atoms with Gasteiger partial charge in [0.1, 0.15) is 6.54 Å². The van der Waals surface area contributed by atoms with Gasteiger partial charge in [-0.25, -0.2) is 4.79 Å². The van der Waals surface area contributed by atoms with Gasteiger partial charge >= 0.3 is 5.76 Å². The Balaban J connectivity index is 1.75. The first kappa shape index (κ1) is 18.6. The third kappa shape index (κ3) is 4.31. The van der Waals surface area contributed by atoms with Crippen LogP contribution in [0.4, 0.5) is 20.2 Å². The first-order valence-corrected chi connectivity index (χ1v) is 8.34. The van der Waals surface area contributed by atoms with Gasteiger partial charge < -0.3 is 9.73 Å². The lowest BCUT2D eigenvalue weighted by Gasteiger charge is -2.07. The third-order valence-electron chi connectivity index (χ3n) is 3.53. The van der Waals surface area contributed by atoms with Crippen molar-refractivity contribution in [2.45, 2.75) is 17.2 Å². The summed E-state index contributed by atoms with van der Waals surface area (Å²) in [7, 11) is 0. The molecule has 3 aromatic rings. The molecule has 0 saturated heterocycles. The second-order valence-electron chi connectivity index (χ2n) is 5.31. The molecule has 27 heavy (non-hydrogen) atoms. The number of nitrogens with one attached hydrogen (secondary N) is 1. The standard InChI is InChI=1S/C16H11F2N3O5S/c17-15(18)27-11-4-1-9(2-5-11)19-14(22)8-20-12-6-3-10(21(24)25)7-13(12)26-16(20)23/h1-7,15H,8H2,(H,19,22). The van der Waals surface area contributed by atoms with Gasteiger partial charge in [-0.1, -0.05) is 11.8 Å². The summed E-state index contributed by atoms with van der Waals surface area (Å²) >= 11 is 0.384. The van der Waals surface area contributed by atoms with Crippen LogP contribution in [0.5, 0.6) is 0 Å². The molecule has 8 nitrogen and oxygen atoms in total. The van der Waals surface area contributed by atoms with E-state index in [2.05, 4.69) is 5.32 Å². The predicted molar refractivity (Wildman–Crippen MR) is 94.1 cm³/mol. The van der Waals surface area contributed by atoms with E-state index in [9.17, 15) is 28.5 Å². The Hall–Kier alpha value is -3.21. The number of carbonyl (C=O) groups excluding carboxylic acids is 1. The number of oxazole rings is 1. The molecule has 140 valence electrons. The normalized spacial score (nSPS) is 11.1. The first-order chi connectivity index (χ1) is 12.8. The molecule has 0 spiro atoms. The molecule has 0 saturated carbocycles. The van der Waals surface area contributed by atoms with Gasteiger partial charge in [0, 0.05) is 16.6 Å². The van der Waals surface area contributed by atoms with Crippen LogP contribution in [0.15, 0.2) is 56.6 Å². The fourth-order valence-corrected chi connectivity index (χ4v) is 2.88. The highest BCUT2D eigenvalue weighted by atomic mass is 32.2. The van der Waals surface area contributed by atoms with E-state index in [1.54, 1.807) is 0 Å². The quantitative estimate of drug-likeness (QED) is 0.389. The highest BCUT2D eigenvalue weighted by molar-refractivity contribution is 7.99. The fraction of sp³-hybridized carbons (Fsp3) is 0.125. The van der Waals surface area contributed by atoms with E-state index < -0.39 is 22.3 Å². The number of benzene rings is 2. The highest BCUT2D eigenvalue weighted by Crippen LogP contribution is 2.26.